The largest absolute Gasteiger partial charge is 0.493 e. The summed E-state index contributed by atoms with van der Waals surface area (Å²) in [7, 11) is 6.31. The van der Waals surface area contributed by atoms with Gasteiger partial charge in [0.05, 0.1) is 21.3 Å². The highest BCUT2D eigenvalue weighted by molar-refractivity contribution is 5.84. The van der Waals surface area contributed by atoms with Gasteiger partial charge in [-0.05, 0) is 41.8 Å². The molecule has 0 saturated carbocycles. The Labute approximate surface area is 171 Å². The van der Waals surface area contributed by atoms with Crippen molar-refractivity contribution < 1.29 is 19.0 Å². The van der Waals surface area contributed by atoms with E-state index in [1.807, 2.05) is 42.5 Å². The van der Waals surface area contributed by atoms with Crippen molar-refractivity contribution in [2.75, 3.05) is 40.2 Å². The molecule has 156 valence electrons. The average molecular weight is 400 g/mol. The molecule has 0 aromatic heterocycles. The number of anilines is 1. The fourth-order valence-electron chi connectivity index (χ4n) is 2.64. The molecule has 0 aliphatic rings. The van der Waals surface area contributed by atoms with Crippen molar-refractivity contribution in [2.24, 2.45) is 4.99 Å². The van der Waals surface area contributed by atoms with E-state index in [1.165, 1.54) is 7.11 Å². The van der Waals surface area contributed by atoms with Gasteiger partial charge in [-0.2, -0.15) is 0 Å². The average Bonchev–Trinajstić information content (AvgIpc) is 2.76. The molecular weight excluding hydrogens is 372 g/mol. The van der Waals surface area contributed by atoms with Crippen LogP contribution in [0.25, 0.3) is 0 Å². The number of methoxy groups -OCH3 is 3. The van der Waals surface area contributed by atoms with Gasteiger partial charge < -0.3 is 24.8 Å². The number of carbonyl (C=O) groups is 1. The maximum Gasteiger partial charge on any atom is 0.411 e. The molecular formula is C21H28N4O4. The summed E-state index contributed by atoms with van der Waals surface area (Å²) in [6, 6.07) is 13.4. The van der Waals surface area contributed by atoms with E-state index in [9.17, 15) is 4.79 Å². The number of nitrogens with zero attached hydrogens (tertiary/aromatic N) is 1. The van der Waals surface area contributed by atoms with E-state index in [4.69, 9.17) is 9.47 Å². The number of hydrogen-bond acceptors (Lipinski definition) is 5. The Bertz CT molecular complexity index is 822. The molecule has 2 aromatic rings. The molecule has 0 aliphatic heterocycles. The lowest BCUT2D eigenvalue weighted by Gasteiger charge is -2.13. The standard InChI is InChI=1S/C21H28N4O4/c1-22-20(23-12-11-15-7-10-18(27-2)19(13-15)28-3)24-14-16-5-8-17(9-6-16)25-21(26)29-4/h5-10,13H,11-12,14H2,1-4H3,(H,25,26)(H2,22,23,24). The normalized spacial score (nSPS) is 10.8. The van der Waals surface area contributed by atoms with Crippen LogP contribution in [-0.4, -0.2) is 47.0 Å². The van der Waals surface area contributed by atoms with E-state index in [1.54, 1.807) is 21.3 Å². The van der Waals surface area contributed by atoms with Crippen LogP contribution in [0.3, 0.4) is 0 Å². The van der Waals surface area contributed by atoms with E-state index < -0.39 is 6.09 Å². The summed E-state index contributed by atoms with van der Waals surface area (Å²) in [5.41, 5.74) is 2.88. The number of ether oxygens (including phenoxy) is 3. The molecule has 0 bridgehead atoms. The Balaban J connectivity index is 1.80. The van der Waals surface area contributed by atoms with Gasteiger partial charge in [0.25, 0.3) is 0 Å². The van der Waals surface area contributed by atoms with Crippen LogP contribution in [0.1, 0.15) is 11.1 Å². The zero-order valence-corrected chi connectivity index (χ0v) is 17.2. The maximum atomic E-state index is 11.2. The van der Waals surface area contributed by atoms with Gasteiger partial charge in [-0.25, -0.2) is 4.79 Å². The summed E-state index contributed by atoms with van der Waals surface area (Å²) >= 11 is 0. The Morgan fingerprint density at radius 3 is 2.24 bits per heavy atom. The second-order valence-corrected chi connectivity index (χ2v) is 6.11. The number of carbonyl (C=O) groups excluding carboxylic acids is 1. The van der Waals surface area contributed by atoms with Crippen molar-refractivity contribution in [3.8, 4) is 11.5 Å². The van der Waals surface area contributed by atoms with Crippen LogP contribution in [0.4, 0.5) is 10.5 Å². The van der Waals surface area contributed by atoms with Crippen LogP contribution in [0.5, 0.6) is 11.5 Å². The summed E-state index contributed by atoms with van der Waals surface area (Å²) in [5, 5.41) is 9.18. The number of aliphatic imine (C=N–C) groups is 1. The molecule has 0 heterocycles. The predicted octanol–water partition coefficient (Wildman–Crippen LogP) is 2.79. The Morgan fingerprint density at radius 1 is 0.931 bits per heavy atom. The lowest BCUT2D eigenvalue weighted by molar-refractivity contribution is 0.187. The van der Waals surface area contributed by atoms with Crippen LogP contribution in [0.15, 0.2) is 47.5 Å². The van der Waals surface area contributed by atoms with Gasteiger partial charge in [0.15, 0.2) is 17.5 Å². The summed E-state index contributed by atoms with van der Waals surface area (Å²) < 4.78 is 15.2. The summed E-state index contributed by atoms with van der Waals surface area (Å²) in [5.74, 6) is 2.15. The number of amides is 1. The van der Waals surface area contributed by atoms with E-state index in [0.29, 0.717) is 18.2 Å². The van der Waals surface area contributed by atoms with Gasteiger partial charge >= 0.3 is 6.09 Å². The first-order chi connectivity index (χ1) is 14.1. The minimum absolute atomic E-state index is 0.491. The third-order valence-corrected chi connectivity index (χ3v) is 4.22. The molecule has 2 aromatic carbocycles. The van der Waals surface area contributed by atoms with Crippen molar-refractivity contribution in [3.05, 3.63) is 53.6 Å². The second-order valence-electron chi connectivity index (χ2n) is 6.11. The molecule has 2 rings (SSSR count). The van der Waals surface area contributed by atoms with E-state index in [-0.39, 0.29) is 0 Å². The molecule has 0 spiro atoms. The highest BCUT2D eigenvalue weighted by atomic mass is 16.5. The minimum Gasteiger partial charge on any atom is -0.493 e. The maximum absolute atomic E-state index is 11.2. The summed E-state index contributed by atoms with van der Waals surface area (Å²) in [6.07, 6.45) is 0.324. The van der Waals surface area contributed by atoms with E-state index in [0.717, 1.165) is 35.6 Å². The molecule has 1 amide bonds. The molecule has 3 N–H and O–H groups in total. The van der Waals surface area contributed by atoms with Crippen molar-refractivity contribution in [2.45, 2.75) is 13.0 Å². The molecule has 0 radical (unpaired) electrons. The molecule has 8 heteroatoms. The number of benzene rings is 2. The fraction of sp³-hybridized carbons (Fsp3) is 0.333. The van der Waals surface area contributed by atoms with Gasteiger partial charge in [0.1, 0.15) is 0 Å². The van der Waals surface area contributed by atoms with Gasteiger partial charge in [-0.3, -0.25) is 10.3 Å². The Hall–Kier alpha value is -3.42. The highest BCUT2D eigenvalue weighted by Crippen LogP contribution is 2.27. The zero-order valence-electron chi connectivity index (χ0n) is 17.2. The molecule has 0 fully saturated rings. The van der Waals surface area contributed by atoms with E-state index >= 15 is 0 Å². The summed E-state index contributed by atoms with van der Waals surface area (Å²) in [4.78, 5) is 15.4. The minimum atomic E-state index is -0.491. The van der Waals surface area contributed by atoms with Gasteiger partial charge in [0.2, 0.25) is 0 Å². The lowest BCUT2D eigenvalue weighted by atomic mass is 10.1. The van der Waals surface area contributed by atoms with E-state index in [2.05, 4.69) is 25.7 Å². The van der Waals surface area contributed by atoms with Crippen molar-refractivity contribution >= 4 is 17.7 Å². The molecule has 0 atom stereocenters. The van der Waals surface area contributed by atoms with Crippen LogP contribution in [-0.2, 0) is 17.7 Å². The Kier molecular flexibility index (Phi) is 8.62. The first-order valence-electron chi connectivity index (χ1n) is 9.19. The quantitative estimate of drug-likeness (QED) is 0.466. The number of nitrogens with one attached hydrogen (secondary N) is 3. The zero-order chi connectivity index (χ0) is 21.1. The van der Waals surface area contributed by atoms with Gasteiger partial charge in [-0.15, -0.1) is 0 Å². The molecule has 0 unspecified atom stereocenters. The summed E-state index contributed by atoms with van der Waals surface area (Å²) in [6.45, 7) is 1.33. The third kappa shape index (κ3) is 6.91. The SMILES string of the molecule is CN=C(NCCc1ccc(OC)c(OC)c1)NCc1ccc(NC(=O)OC)cc1. The Morgan fingerprint density at radius 2 is 1.62 bits per heavy atom. The third-order valence-electron chi connectivity index (χ3n) is 4.22. The predicted molar refractivity (Wildman–Crippen MR) is 114 cm³/mol. The smallest absolute Gasteiger partial charge is 0.411 e. The molecule has 29 heavy (non-hydrogen) atoms. The highest BCUT2D eigenvalue weighted by Gasteiger charge is 2.05. The first kappa shape index (κ1) is 21.9. The molecule has 8 nitrogen and oxygen atoms in total. The lowest BCUT2D eigenvalue weighted by Crippen LogP contribution is -2.37. The second kappa shape index (κ2) is 11.4. The van der Waals surface area contributed by atoms with Crippen LogP contribution >= 0.6 is 0 Å². The van der Waals surface area contributed by atoms with Crippen molar-refractivity contribution in [1.29, 1.82) is 0 Å². The fourth-order valence-corrected chi connectivity index (χ4v) is 2.64. The topological polar surface area (TPSA) is 93.2 Å². The monoisotopic (exact) mass is 400 g/mol. The molecule has 0 aliphatic carbocycles. The van der Waals surface area contributed by atoms with Crippen molar-refractivity contribution in [3.63, 3.8) is 0 Å². The number of rotatable bonds is 8. The van der Waals surface area contributed by atoms with Crippen LogP contribution in [0.2, 0.25) is 0 Å². The number of hydrogen-bond donors (Lipinski definition) is 3. The first-order valence-corrected chi connectivity index (χ1v) is 9.19. The number of guanidine groups is 1. The molecule has 0 saturated heterocycles. The van der Waals surface area contributed by atoms with Gasteiger partial charge in [0, 0.05) is 25.8 Å². The van der Waals surface area contributed by atoms with Gasteiger partial charge in [-0.1, -0.05) is 18.2 Å². The van der Waals surface area contributed by atoms with Crippen LogP contribution < -0.4 is 25.4 Å². The van der Waals surface area contributed by atoms with Crippen molar-refractivity contribution in [1.82, 2.24) is 10.6 Å². The van der Waals surface area contributed by atoms with Crippen LogP contribution in [0, 0.1) is 0 Å².